The summed E-state index contributed by atoms with van der Waals surface area (Å²) in [6, 6.07) is 28.1. The fraction of sp³-hybridized carbons (Fsp3) is 0.0645. The van der Waals surface area contributed by atoms with Gasteiger partial charge in [0.15, 0.2) is 0 Å². The van der Waals surface area contributed by atoms with Crippen LogP contribution in [0.25, 0.3) is 10.8 Å². The predicted octanol–water partition coefficient (Wildman–Crippen LogP) is 10.5. The summed E-state index contributed by atoms with van der Waals surface area (Å²) >= 11 is 0. The van der Waals surface area contributed by atoms with E-state index in [2.05, 4.69) is 25.4 Å². The van der Waals surface area contributed by atoms with E-state index in [1.165, 1.54) is 12.1 Å². The second-order valence-electron chi connectivity index (χ2n) is 8.93. The van der Waals surface area contributed by atoms with Gasteiger partial charge in [-0.15, -0.1) is 5.11 Å². The van der Waals surface area contributed by atoms with Crippen molar-refractivity contribution in [3.8, 4) is 5.75 Å². The maximum Gasteiger partial charge on any atom is 0.416 e. The van der Waals surface area contributed by atoms with Gasteiger partial charge in [-0.2, -0.15) is 28.5 Å². The van der Waals surface area contributed by atoms with Crippen molar-refractivity contribution in [3.63, 3.8) is 0 Å². The molecule has 0 aromatic heterocycles. The number of halogens is 3. The lowest BCUT2D eigenvalue weighted by molar-refractivity contribution is -0.137. The van der Waals surface area contributed by atoms with Gasteiger partial charge in [-0.05, 0) is 85.3 Å². The topological polar surface area (TPSA) is 82.0 Å². The summed E-state index contributed by atoms with van der Waals surface area (Å²) in [7, 11) is 0. The molecule has 0 atom stereocenters. The minimum absolute atomic E-state index is 0.172. The number of azo groups is 2. The molecule has 0 fully saturated rings. The molecule has 0 aliphatic carbocycles. The van der Waals surface area contributed by atoms with Crippen molar-refractivity contribution < 1.29 is 18.3 Å². The van der Waals surface area contributed by atoms with E-state index in [1.54, 1.807) is 36.5 Å². The zero-order chi connectivity index (χ0) is 28.1. The Morgan fingerprint density at radius 3 is 1.73 bits per heavy atom. The molecule has 6 nitrogen and oxygen atoms in total. The Labute approximate surface area is 227 Å². The summed E-state index contributed by atoms with van der Waals surface area (Å²) in [6.07, 6.45) is -2.76. The number of alkyl halides is 3. The zero-order valence-corrected chi connectivity index (χ0v) is 21.2. The van der Waals surface area contributed by atoms with E-state index in [0.717, 1.165) is 34.2 Å². The van der Waals surface area contributed by atoms with Crippen LogP contribution >= 0.6 is 0 Å². The van der Waals surface area contributed by atoms with Crippen molar-refractivity contribution in [1.29, 1.82) is 0 Å². The maximum absolute atomic E-state index is 12.7. The number of aryl methyl sites for hydroxylation is 1. The Morgan fingerprint density at radius 1 is 0.625 bits per heavy atom. The Balaban J connectivity index is 1.32. The van der Waals surface area contributed by atoms with Crippen LogP contribution in [0.2, 0.25) is 0 Å². The Kier molecular flexibility index (Phi) is 7.46. The van der Waals surface area contributed by atoms with Gasteiger partial charge >= 0.3 is 6.18 Å². The smallest absolute Gasteiger partial charge is 0.416 e. The number of phenols is 1. The third-order valence-corrected chi connectivity index (χ3v) is 6.01. The summed E-state index contributed by atoms with van der Waals surface area (Å²) in [5.74, 6) is 0.172. The lowest BCUT2D eigenvalue weighted by Gasteiger charge is -2.05. The second-order valence-corrected chi connectivity index (χ2v) is 8.93. The molecule has 0 saturated carbocycles. The molecule has 1 N–H and O–H groups in total. The minimum Gasteiger partial charge on any atom is -0.507 e. The van der Waals surface area contributed by atoms with Crippen LogP contribution in [0, 0.1) is 6.92 Å². The molecule has 0 unspecified atom stereocenters. The van der Waals surface area contributed by atoms with Gasteiger partial charge in [0.25, 0.3) is 0 Å². The van der Waals surface area contributed by atoms with E-state index in [0.29, 0.717) is 28.3 Å². The summed E-state index contributed by atoms with van der Waals surface area (Å²) in [6.45, 7) is 1.91. The first-order chi connectivity index (χ1) is 19.3. The highest BCUT2D eigenvalue weighted by Crippen LogP contribution is 2.35. The van der Waals surface area contributed by atoms with E-state index < -0.39 is 11.7 Å². The average Bonchev–Trinajstić information content (AvgIpc) is 2.95. The van der Waals surface area contributed by atoms with Crippen LogP contribution in [0.3, 0.4) is 0 Å². The van der Waals surface area contributed by atoms with Crippen molar-refractivity contribution in [2.75, 3.05) is 0 Å². The van der Waals surface area contributed by atoms with Gasteiger partial charge in [0.05, 0.1) is 34.0 Å². The first-order valence-corrected chi connectivity index (χ1v) is 12.2. The van der Waals surface area contributed by atoms with Crippen molar-refractivity contribution >= 4 is 45.4 Å². The summed E-state index contributed by atoms with van der Waals surface area (Å²) in [5, 5.41) is 28.8. The van der Waals surface area contributed by atoms with Crippen molar-refractivity contribution in [2.45, 2.75) is 13.1 Å². The first-order valence-electron chi connectivity index (χ1n) is 12.2. The van der Waals surface area contributed by atoms with Crippen LogP contribution in [0.5, 0.6) is 5.75 Å². The zero-order valence-electron chi connectivity index (χ0n) is 21.2. The fourth-order valence-electron chi connectivity index (χ4n) is 3.90. The van der Waals surface area contributed by atoms with E-state index >= 15 is 0 Å². The summed E-state index contributed by atoms with van der Waals surface area (Å²) in [4.78, 5) is 4.59. The first kappa shape index (κ1) is 26.4. The number of phenolic OH excluding ortho intramolecular Hbond substituents is 1. The predicted molar refractivity (Wildman–Crippen MR) is 150 cm³/mol. The number of aliphatic imine (C=N–C) groups is 1. The molecule has 0 radical (unpaired) electrons. The Morgan fingerprint density at radius 2 is 1.15 bits per heavy atom. The largest absolute Gasteiger partial charge is 0.507 e. The highest BCUT2D eigenvalue weighted by atomic mass is 19.4. The maximum atomic E-state index is 12.7. The van der Waals surface area contributed by atoms with Gasteiger partial charge in [-0.1, -0.05) is 30.3 Å². The number of fused-ring (bicyclic) bond motifs is 1. The summed E-state index contributed by atoms with van der Waals surface area (Å²) < 4.78 is 38.1. The van der Waals surface area contributed by atoms with Crippen LogP contribution in [-0.2, 0) is 6.18 Å². The molecule has 0 aliphatic rings. The molecule has 0 saturated heterocycles. The van der Waals surface area contributed by atoms with E-state index in [4.69, 9.17) is 0 Å². The molecule has 0 aliphatic heterocycles. The van der Waals surface area contributed by atoms with Crippen LogP contribution in [-0.4, -0.2) is 11.3 Å². The minimum atomic E-state index is -4.39. The number of hydrogen-bond acceptors (Lipinski definition) is 6. The van der Waals surface area contributed by atoms with E-state index in [-0.39, 0.29) is 5.75 Å². The molecule has 5 rings (SSSR count). The van der Waals surface area contributed by atoms with Crippen LogP contribution in [0.4, 0.5) is 41.6 Å². The molecular weight excluding hydrogens is 515 g/mol. The van der Waals surface area contributed by atoms with Crippen molar-refractivity contribution in [3.05, 3.63) is 120 Å². The third kappa shape index (κ3) is 6.27. The van der Waals surface area contributed by atoms with Gasteiger partial charge in [-0.25, -0.2) is 0 Å². The molecular formula is C31H22F3N5O. The van der Waals surface area contributed by atoms with Gasteiger partial charge in [0.2, 0.25) is 0 Å². The van der Waals surface area contributed by atoms with Crippen molar-refractivity contribution in [2.24, 2.45) is 25.4 Å². The molecule has 0 amide bonds. The monoisotopic (exact) mass is 537 g/mol. The highest BCUT2D eigenvalue weighted by Gasteiger charge is 2.29. The van der Waals surface area contributed by atoms with Crippen LogP contribution in [0.15, 0.2) is 129 Å². The Bertz CT molecular complexity index is 1740. The van der Waals surface area contributed by atoms with Gasteiger partial charge < -0.3 is 5.11 Å². The van der Waals surface area contributed by atoms with Gasteiger partial charge in [0.1, 0.15) is 5.75 Å². The van der Waals surface area contributed by atoms with Crippen LogP contribution in [0.1, 0.15) is 16.7 Å². The van der Waals surface area contributed by atoms with Gasteiger partial charge in [-0.3, -0.25) is 4.99 Å². The Hall–Kier alpha value is -5.18. The number of nitrogens with zero attached hydrogens (tertiary/aromatic N) is 5. The second kappa shape index (κ2) is 11.3. The number of hydrogen-bond donors (Lipinski definition) is 1. The van der Waals surface area contributed by atoms with E-state index in [9.17, 15) is 18.3 Å². The SMILES string of the molecule is Cc1ccc(/C=N/c2ccc(/N=N/c3ccc(/N=N/c4ccc(C(F)(F)F)cc4)cc3)c3ccccc23)c(O)c1. The van der Waals surface area contributed by atoms with Crippen LogP contribution < -0.4 is 0 Å². The third-order valence-electron chi connectivity index (χ3n) is 6.01. The molecule has 5 aromatic carbocycles. The molecule has 9 heteroatoms. The highest BCUT2D eigenvalue weighted by molar-refractivity contribution is 6.01. The lowest BCUT2D eigenvalue weighted by atomic mass is 10.1. The molecule has 5 aromatic rings. The average molecular weight is 538 g/mol. The normalized spacial score (nSPS) is 12.3. The molecule has 0 bridgehead atoms. The molecule has 0 spiro atoms. The fourth-order valence-corrected chi connectivity index (χ4v) is 3.90. The molecule has 0 heterocycles. The molecule has 40 heavy (non-hydrogen) atoms. The summed E-state index contributed by atoms with van der Waals surface area (Å²) in [5.41, 5.74) is 3.68. The lowest BCUT2D eigenvalue weighted by Crippen LogP contribution is -2.03. The van der Waals surface area contributed by atoms with Gasteiger partial charge in [0, 0.05) is 22.6 Å². The van der Waals surface area contributed by atoms with Crippen molar-refractivity contribution in [1.82, 2.24) is 0 Å². The number of aromatic hydroxyl groups is 1. The quantitative estimate of drug-likeness (QED) is 0.170. The molecule has 198 valence electrons. The number of rotatable bonds is 6. The van der Waals surface area contributed by atoms with E-state index in [1.807, 2.05) is 55.5 Å². The standard InChI is InChI=1S/C31H22F3N5O/c1-20-6-7-21(30(40)18-20)19-35-28-16-17-29(27-5-3-2-4-26(27)28)39-38-25-14-12-24(13-15-25)37-36-23-10-8-22(9-11-23)31(32,33)34/h2-19,40H,1H3/b35-19+,37-36+,39-38+. The number of benzene rings is 5.